The van der Waals surface area contributed by atoms with E-state index in [1.165, 1.54) is 6.08 Å². The number of methoxy groups -OCH3 is 2. The average Bonchev–Trinajstić information content (AvgIpc) is 3.12. The molecule has 26 heavy (non-hydrogen) atoms. The Morgan fingerprint density at radius 2 is 1.58 bits per heavy atom. The predicted octanol–water partition coefficient (Wildman–Crippen LogP) is 3.54. The van der Waals surface area contributed by atoms with Gasteiger partial charge in [-0.2, -0.15) is 0 Å². The quantitative estimate of drug-likeness (QED) is 0.563. The summed E-state index contributed by atoms with van der Waals surface area (Å²) in [5.74, 6) is 0.752. The lowest BCUT2D eigenvalue weighted by Gasteiger charge is -2.22. The number of esters is 1. The van der Waals surface area contributed by atoms with Crippen LogP contribution in [-0.2, 0) is 9.53 Å². The maximum Gasteiger partial charge on any atom is 0.331 e. The van der Waals surface area contributed by atoms with Crippen LogP contribution in [0.5, 0.6) is 11.5 Å². The smallest absolute Gasteiger partial charge is 0.331 e. The van der Waals surface area contributed by atoms with Crippen LogP contribution in [0.3, 0.4) is 0 Å². The van der Waals surface area contributed by atoms with Crippen molar-refractivity contribution in [2.45, 2.75) is 18.4 Å². The SMILES string of the molecule is COc1ccc(C(=O)C[C@@H](c2ccc(OC)cc2)[C@@H]2C=CC(=O)O2)cc1. The highest BCUT2D eigenvalue weighted by molar-refractivity contribution is 5.97. The Hall–Kier alpha value is -3.08. The van der Waals surface area contributed by atoms with Gasteiger partial charge in [-0.1, -0.05) is 12.1 Å². The van der Waals surface area contributed by atoms with Crippen LogP contribution in [0.2, 0.25) is 0 Å². The zero-order valence-electron chi connectivity index (χ0n) is 14.7. The first-order valence-electron chi connectivity index (χ1n) is 8.30. The molecular formula is C21H20O5. The van der Waals surface area contributed by atoms with E-state index in [9.17, 15) is 9.59 Å². The molecule has 2 atom stereocenters. The summed E-state index contributed by atoms with van der Waals surface area (Å²) in [5.41, 5.74) is 1.51. The van der Waals surface area contributed by atoms with Gasteiger partial charge in [-0.25, -0.2) is 4.79 Å². The second-order valence-corrected chi connectivity index (χ2v) is 6.00. The van der Waals surface area contributed by atoms with Crippen molar-refractivity contribution >= 4 is 11.8 Å². The first-order chi connectivity index (χ1) is 12.6. The topological polar surface area (TPSA) is 61.8 Å². The standard InChI is InChI=1S/C21H20O5/c1-24-16-7-3-14(4-8-16)18(20-11-12-21(23)26-20)13-19(22)15-5-9-17(25-2)10-6-15/h3-12,18,20H,13H2,1-2H3/t18-,20-/m0/s1. The number of carbonyl (C=O) groups is 2. The number of hydrogen-bond donors (Lipinski definition) is 0. The summed E-state index contributed by atoms with van der Waals surface area (Å²) >= 11 is 0. The summed E-state index contributed by atoms with van der Waals surface area (Å²) in [6.07, 6.45) is 2.87. The maximum absolute atomic E-state index is 12.8. The zero-order chi connectivity index (χ0) is 18.5. The van der Waals surface area contributed by atoms with Crippen molar-refractivity contribution in [1.29, 1.82) is 0 Å². The predicted molar refractivity (Wildman–Crippen MR) is 96.7 cm³/mol. The molecule has 2 aromatic carbocycles. The second-order valence-electron chi connectivity index (χ2n) is 6.00. The third-order valence-electron chi connectivity index (χ3n) is 4.43. The van der Waals surface area contributed by atoms with Gasteiger partial charge in [-0.3, -0.25) is 4.79 Å². The normalized spacial score (nSPS) is 16.8. The van der Waals surface area contributed by atoms with Gasteiger partial charge in [0.05, 0.1) is 14.2 Å². The summed E-state index contributed by atoms with van der Waals surface area (Å²) in [6, 6.07) is 14.4. The summed E-state index contributed by atoms with van der Waals surface area (Å²) in [5, 5.41) is 0. The van der Waals surface area contributed by atoms with Crippen LogP contribution >= 0.6 is 0 Å². The fraction of sp³-hybridized carbons (Fsp3) is 0.238. The molecule has 1 aliphatic heterocycles. The highest BCUT2D eigenvalue weighted by atomic mass is 16.5. The van der Waals surface area contributed by atoms with E-state index in [2.05, 4.69) is 0 Å². The van der Waals surface area contributed by atoms with Crippen molar-refractivity contribution in [3.63, 3.8) is 0 Å². The molecule has 0 radical (unpaired) electrons. The number of ether oxygens (including phenoxy) is 3. The van der Waals surface area contributed by atoms with Gasteiger partial charge in [0.1, 0.15) is 17.6 Å². The van der Waals surface area contributed by atoms with Crippen LogP contribution in [0.4, 0.5) is 0 Å². The average molecular weight is 352 g/mol. The van der Waals surface area contributed by atoms with Gasteiger partial charge in [0.25, 0.3) is 0 Å². The first-order valence-corrected chi connectivity index (χ1v) is 8.30. The summed E-state index contributed by atoms with van der Waals surface area (Å²) in [6.45, 7) is 0. The molecule has 0 fully saturated rings. The molecule has 5 nitrogen and oxygen atoms in total. The molecular weight excluding hydrogens is 332 g/mol. The molecule has 5 heteroatoms. The van der Waals surface area contributed by atoms with Crippen LogP contribution in [0.15, 0.2) is 60.7 Å². The van der Waals surface area contributed by atoms with Crippen LogP contribution in [0.25, 0.3) is 0 Å². The lowest BCUT2D eigenvalue weighted by Crippen LogP contribution is -2.21. The molecule has 0 aliphatic carbocycles. The first kappa shape index (κ1) is 17.7. The Balaban J connectivity index is 1.83. The van der Waals surface area contributed by atoms with Crippen LogP contribution in [-0.4, -0.2) is 32.1 Å². The molecule has 2 aromatic rings. The molecule has 0 amide bonds. The molecule has 0 saturated carbocycles. The monoisotopic (exact) mass is 352 g/mol. The van der Waals surface area contributed by atoms with Gasteiger partial charge in [0, 0.05) is 24.0 Å². The summed E-state index contributed by atoms with van der Waals surface area (Å²) < 4.78 is 15.7. The van der Waals surface area contributed by atoms with Crippen molar-refractivity contribution in [3.8, 4) is 11.5 Å². The Morgan fingerprint density at radius 1 is 1.00 bits per heavy atom. The molecule has 0 unspecified atom stereocenters. The molecule has 0 spiro atoms. The van der Waals surface area contributed by atoms with Gasteiger partial charge in [-0.05, 0) is 48.0 Å². The molecule has 1 aliphatic rings. The minimum absolute atomic E-state index is 0.0233. The van der Waals surface area contributed by atoms with Crippen molar-refractivity contribution < 1.29 is 23.8 Å². The number of ketones is 1. The number of benzene rings is 2. The van der Waals surface area contributed by atoms with Gasteiger partial charge < -0.3 is 14.2 Å². The molecule has 3 rings (SSSR count). The highest BCUT2D eigenvalue weighted by Crippen LogP contribution is 2.31. The molecule has 0 bridgehead atoms. The summed E-state index contributed by atoms with van der Waals surface area (Å²) in [7, 11) is 3.18. The van der Waals surface area contributed by atoms with Crippen LogP contribution < -0.4 is 9.47 Å². The number of hydrogen-bond acceptors (Lipinski definition) is 5. The maximum atomic E-state index is 12.8. The lowest BCUT2D eigenvalue weighted by atomic mass is 9.87. The number of rotatable bonds is 7. The lowest BCUT2D eigenvalue weighted by molar-refractivity contribution is -0.139. The molecule has 1 heterocycles. The second kappa shape index (κ2) is 7.87. The Bertz CT molecular complexity index is 805. The van der Waals surface area contributed by atoms with E-state index in [0.717, 1.165) is 11.3 Å². The van der Waals surface area contributed by atoms with Crippen molar-refractivity contribution in [1.82, 2.24) is 0 Å². The number of carbonyl (C=O) groups excluding carboxylic acids is 2. The van der Waals surface area contributed by atoms with Crippen LogP contribution in [0.1, 0.15) is 28.3 Å². The van der Waals surface area contributed by atoms with E-state index >= 15 is 0 Å². The number of Topliss-reactive ketones (excluding diaryl/α,β-unsaturated/α-hetero) is 1. The summed E-state index contributed by atoms with van der Waals surface area (Å²) in [4.78, 5) is 24.2. The van der Waals surface area contributed by atoms with Gasteiger partial charge in [-0.15, -0.1) is 0 Å². The van der Waals surface area contributed by atoms with Gasteiger partial charge in [0.2, 0.25) is 0 Å². The third kappa shape index (κ3) is 3.94. The van der Waals surface area contributed by atoms with Crippen molar-refractivity contribution in [3.05, 3.63) is 71.8 Å². The number of cyclic esters (lactones) is 1. The van der Waals surface area contributed by atoms with E-state index in [1.54, 1.807) is 44.6 Å². The Labute approximate surface area is 152 Å². The van der Waals surface area contributed by atoms with Crippen molar-refractivity contribution in [2.24, 2.45) is 0 Å². The van der Waals surface area contributed by atoms with Crippen LogP contribution in [0, 0.1) is 0 Å². The Morgan fingerprint density at radius 3 is 2.08 bits per heavy atom. The van der Waals surface area contributed by atoms with E-state index in [0.29, 0.717) is 11.3 Å². The molecule has 0 saturated heterocycles. The van der Waals surface area contributed by atoms with E-state index in [-0.39, 0.29) is 24.1 Å². The largest absolute Gasteiger partial charge is 0.497 e. The third-order valence-corrected chi connectivity index (χ3v) is 4.43. The highest BCUT2D eigenvalue weighted by Gasteiger charge is 2.30. The zero-order valence-corrected chi connectivity index (χ0v) is 14.7. The molecule has 0 N–H and O–H groups in total. The molecule has 0 aromatic heterocycles. The minimum atomic E-state index is -0.460. The fourth-order valence-corrected chi connectivity index (χ4v) is 2.97. The van der Waals surface area contributed by atoms with Crippen molar-refractivity contribution in [2.75, 3.05) is 14.2 Å². The fourth-order valence-electron chi connectivity index (χ4n) is 2.97. The van der Waals surface area contributed by atoms with E-state index in [4.69, 9.17) is 14.2 Å². The van der Waals surface area contributed by atoms with E-state index < -0.39 is 6.10 Å². The Kier molecular flexibility index (Phi) is 5.37. The minimum Gasteiger partial charge on any atom is -0.497 e. The molecule has 134 valence electrons. The van der Waals surface area contributed by atoms with Gasteiger partial charge in [0.15, 0.2) is 5.78 Å². The van der Waals surface area contributed by atoms with Gasteiger partial charge >= 0.3 is 5.97 Å². The van der Waals surface area contributed by atoms with E-state index in [1.807, 2.05) is 24.3 Å².